The van der Waals surface area contributed by atoms with Crippen molar-refractivity contribution in [2.45, 2.75) is 38.6 Å². The van der Waals surface area contributed by atoms with E-state index >= 15 is 0 Å². The SMILES string of the molecule is C=NC(/C=C(\NCCOCCNC)c1cc(-c2cc(C3CC3)cnn2)ccc1C)=NC(C)COF. The summed E-state index contributed by atoms with van der Waals surface area (Å²) in [5.74, 6) is 0.982. The van der Waals surface area contributed by atoms with Crippen LogP contribution >= 0.6 is 0 Å². The molecule has 1 heterocycles. The van der Waals surface area contributed by atoms with Crippen molar-refractivity contribution in [3.63, 3.8) is 0 Å². The molecule has 2 N–H and O–H groups in total. The topological polar surface area (TPSA) is 93.0 Å². The Hall–Kier alpha value is -3.01. The molecule has 0 saturated heterocycles. The summed E-state index contributed by atoms with van der Waals surface area (Å²) in [5.41, 5.74) is 5.91. The number of amidine groups is 1. The molecule has 1 aromatic carbocycles. The van der Waals surface area contributed by atoms with Crippen molar-refractivity contribution >= 4 is 18.3 Å². The van der Waals surface area contributed by atoms with Crippen LogP contribution in [-0.2, 0) is 9.68 Å². The third kappa shape index (κ3) is 8.31. The number of rotatable bonds is 14. The van der Waals surface area contributed by atoms with E-state index in [2.05, 4.69) is 66.7 Å². The van der Waals surface area contributed by atoms with Gasteiger partial charge in [-0.05, 0) is 74.2 Å². The normalized spacial score (nSPS) is 15.2. The van der Waals surface area contributed by atoms with Gasteiger partial charge in [0.2, 0.25) is 0 Å². The van der Waals surface area contributed by atoms with Crippen LogP contribution in [0.4, 0.5) is 4.53 Å². The van der Waals surface area contributed by atoms with Gasteiger partial charge in [0.25, 0.3) is 0 Å². The maximum Gasteiger partial charge on any atom is 0.148 e. The lowest BCUT2D eigenvalue weighted by Gasteiger charge is -2.16. The fourth-order valence-electron chi connectivity index (χ4n) is 3.60. The highest BCUT2D eigenvalue weighted by Gasteiger charge is 2.24. The van der Waals surface area contributed by atoms with Gasteiger partial charge < -0.3 is 15.4 Å². The van der Waals surface area contributed by atoms with Crippen LogP contribution in [0.15, 0.2) is 46.5 Å². The number of aliphatic imine (C=N–C) groups is 2. The minimum Gasteiger partial charge on any atom is -0.382 e. The molecule has 1 aromatic heterocycles. The van der Waals surface area contributed by atoms with Gasteiger partial charge in [-0.1, -0.05) is 12.1 Å². The summed E-state index contributed by atoms with van der Waals surface area (Å²) in [6.07, 6.45) is 6.09. The summed E-state index contributed by atoms with van der Waals surface area (Å²) >= 11 is 0. The van der Waals surface area contributed by atoms with Crippen LogP contribution in [0.2, 0.25) is 0 Å². The maximum atomic E-state index is 12.3. The van der Waals surface area contributed by atoms with Gasteiger partial charge in [0, 0.05) is 36.0 Å². The van der Waals surface area contributed by atoms with E-state index in [4.69, 9.17) is 4.74 Å². The summed E-state index contributed by atoms with van der Waals surface area (Å²) in [4.78, 5) is 12.2. The number of nitrogens with one attached hydrogen (secondary N) is 2. The van der Waals surface area contributed by atoms with Crippen LogP contribution in [-0.4, -0.2) is 68.8 Å². The van der Waals surface area contributed by atoms with E-state index in [1.807, 2.05) is 26.2 Å². The third-order valence-corrected chi connectivity index (χ3v) is 5.70. The Balaban J connectivity index is 1.91. The first-order valence-electron chi connectivity index (χ1n) is 12.0. The van der Waals surface area contributed by atoms with Crippen molar-refractivity contribution < 1.29 is 14.2 Å². The minimum absolute atomic E-state index is 0.153. The zero-order valence-electron chi connectivity index (χ0n) is 20.8. The Bertz CT molecular complexity index is 1040. The second-order valence-corrected chi connectivity index (χ2v) is 8.65. The molecule has 1 aliphatic rings. The highest BCUT2D eigenvalue weighted by Crippen LogP contribution is 2.40. The number of aromatic nitrogens is 2. The van der Waals surface area contributed by atoms with Crippen molar-refractivity contribution in [1.82, 2.24) is 20.8 Å². The predicted octanol–water partition coefficient (Wildman–Crippen LogP) is 3.88. The van der Waals surface area contributed by atoms with E-state index in [-0.39, 0.29) is 6.61 Å². The minimum atomic E-state index is -0.407. The van der Waals surface area contributed by atoms with Gasteiger partial charge in [-0.15, -0.1) is 0 Å². The molecule has 1 unspecified atom stereocenters. The molecule has 0 amide bonds. The second kappa shape index (κ2) is 13.8. The van der Waals surface area contributed by atoms with Crippen molar-refractivity contribution in [2.24, 2.45) is 9.98 Å². The number of benzene rings is 1. The number of halogens is 1. The largest absolute Gasteiger partial charge is 0.382 e. The van der Waals surface area contributed by atoms with Gasteiger partial charge in [0.05, 0.1) is 31.1 Å². The zero-order chi connectivity index (χ0) is 25.0. The zero-order valence-corrected chi connectivity index (χ0v) is 20.8. The Kier molecular flexibility index (Phi) is 10.5. The number of hydrogen-bond donors (Lipinski definition) is 2. The number of aryl methyl sites for hydroxylation is 1. The summed E-state index contributed by atoms with van der Waals surface area (Å²) < 4.78 is 17.9. The standard InChI is InChI=1S/C26H35FN6O2/c1-18-5-6-21(24-14-22(16-31-33-24)20-7-8-20)13-23(18)25(30-10-12-34-11-9-28-3)15-26(29-4)32-19(2)17-35-27/h5-6,13-16,19-20,28,30H,4,7-12,17H2,1-3H3/b25-15-,32-26?. The highest BCUT2D eigenvalue weighted by atomic mass is 19.3. The lowest BCUT2D eigenvalue weighted by molar-refractivity contribution is -0.135. The molecular weight excluding hydrogens is 447 g/mol. The molecule has 0 bridgehead atoms. The number of hydrogen-bond acceptors (Lipinski definition) is 7. The van der Waals surface area contributed by atoms with Crippen molar-refractivity contribution in [3.05, 3.63) is 53.2 Å². The summed E-state index contributed by atoms with van der Waals surface area (Å²) in [6, 6.07) is 7.93. The Morgan fingerprint density at radius 2 is 2.09 bits per heavy atom. The van der Waals surface area contributed by atoms with Crippen molar-refractivity contribution in [1.29, 1.82) is 0 Å². The van der Waals surface area contributed by atoms with Gasteiger partial charge >= 0.3 is 0 Å². The molecule has 9 heteroatoms. The van der Waals surface area contributed by atoms with E-state index in [0.29, 0.717) is 31.5 Å². The molecule has 0 spiro atoms. The Labute approximate surface area is 206 Å². The monoisotopic (exact) mass is 482 g/mol. The van der Waals surface area contributed by atoms with Crippen molar-refractivity contribution in [3.8, 4) is 11.3 Å². The van der Waals surface area contributed by atoms with Crippen LogP contribution in [0.1, 0.15) is 42.4 Å². The van der Waals surface area contributed by atoms with E-state index in [9.17, 15) is 4.53 Å². The maximum absolute atomic E-state index is 12.3. The van der Waals surface area contributed by atoms with Gasteiger partial charge in [0.15, 0.2) is 0 Å². The van der Waals surface area contributed by atoms with E-state index in [1.165, 1.54) is 18.4 Å². The second-order valence-electron chi connectivity index (χ2n) is 8.65. The summed E-state index contributed by atoms with van der Waals surface area (Å²) in [7, 11) is 1.89. The molecule has 188 valence electrons. The van der Waals surface area contributed by atoms with Crippen molar-refractivity contribution in [2.75, 3.05) is 40.0 Å². The van der Waals surface area contributed by atoms with E-state index in [1.54, 1.807) is 6.92 Å². The predicted molar refractivity (Wildman–Crippen MR) is 138 cm³/mol. The molecule has 0 aliphatic heterocycles. The lowest BCUT2D eigenvalue weighted by Crippen LogP contribution is -2.22. The molecule has 8 nitrogen and oxygen atoms in total. The van der Waals surface area contributed by atoms with E-state index in [0.717, 1.165) is 34.6 Å². The van der Waals surface area contributed by atoms with Gasteiger partial charge in [-0.2, -0.15) is 15.1 Å². The molecular formula is C26H35FN6O2. The molecule has 1 atom stereocenters. The quantitative estimate of drug-likeness (QED) is 0.241. The first-order valence-corrected chi connectivity index (χ1v) is 12.0. The van der Waals surface area contributed by atoms with Crippen LogP contribution in [0.3, 0.4) is 0 Å². The van der Waals surface area contributed by atoms with Crippen LogP contribution in [0.25, 0.3) is 17.0 Å². The molecule has 0 radical (unpaired) electrons. The lowest BCUT2D eigenvalue weighted by atomic mass is 9.99. The average Bonchev–Trinajstić information content (AvgIpc) is 3.71. The van der Waals surface area contributed by atoms with Crippen LogP contribution < -0.4 is 10.6 Å². The molecule has 1 aliphatic carbocycles. The molecule has 1 saturated carbocycles. The first-order chi connectivity index (χ1) is 17.0. The number of ether oxygens (including phenoxy) is 1. The first kappa shape index (κ1) is 26.6. The Morgan fingerprint density at radius 3 is 2.80 bits per heavy atom. The molecule has 35 heavy (non-hydrogen) atoms. The molecule has 3 rings (SSSR count). The fraction of sp³-hybridized carbons (Fsp3) is 0.462. The van der Waals surface area contributed by atoms with Crippen LogP contribution in [0, 0.1) is 6.92 Å². The number of nitrogens with zero attached hydrogens (tertiary/aromatic N) is 4. The molecule has 1 fully saturated rings. The van der Waals surface area contributed by atoms with Gasteiger partial charge in [-0.25, -0.2) is 4.99 Å². The van der Waals surface area contributed by atoms with Gasteiger partial charge in [0.1, 0.15) is 12.4 Å². The smallest absolute Gasteiger partial charge is 0.148 e. The van der Waals surface area contributed by atoms with Crippen LogP contribution in [0.5, 0.6) is 0 Å². The fourth-order valence-corrected chi connectivity index (χ4v) is 3.60. The van der Waals surface area contributed by atoms with Gasteiger partial charge in [-0.3, -0.25) is 4.99 Å². The summed E-state index contributed by atoms with van der Waals surface area (Å²) in [6.45, 7) is 9.81. The average molecular weight is 483 g/mol. The third-order valence-electron chi connectivity index (χ3n) is 5.70. The van der Waals surface area contributed by atoms with E-state index < -0.39 is 6.04 Å². The molecule has 2 aromatic rings. The Morgan fingerprint density at radius 1 is 1.29 bits per heavy atom. The number of likely N-dealkylation sites (N-methyl/N-ethyl adjacent to an activating group) is 1. The summed E-state index contributed by atoms with van der Waals surface area (Å²) in [5, 5.41) is 15.1. The highest BCUT2D eigenvalue weighted by molar-refractivity contribution is 6.01.